The number of hydrogen-bond donors (Lipinski definition) is 0. The molecule has 0 bridgehead atoms. The molecule has 0 N–H and O–H groups in total. The van der Waals surface area contributed by atoms with Crippen LogP contribution in [0.5, 0.6) is 0 Å². The van der Waals surface area contributed by atoms with Crippen LogP contribution in [0.3, 0.4) is 0 Å². The van der Waals surface area contributed by atoms with Crippen LogP contribution in [0.15, 0.2) is 194 Å². The molecule has 2 heterocycles. The molecule has 12 rings (SSSR count). The molecule has 0 atom stereocenters. The predicted molar refractivity (Wildman–Crippen MR) is 227 cm³/mol. The maximum Gasteiger partial charge on any atom is 0.0541 e. The highest BCUT2D eigenvalue weighted by Gasteiger charge is 2.41. The van der Waals surface area contributed by atoms with Crippen LogP contribution in [-0.4, -0.2) is 9.13 Å². The van der Waals surface area contributed by atoms with Crippen LogP contribution in [0, 0.1) is 0 Å². The summed E-state index contributed by atoms with van der Waals surface area (Å²) < 4.78 is 4.83. The molecule has 54 heavy (non-hydrogen) atoms. The van der Waals surface area contributed by atoms with Gasteiger partial charge in [-0.2, -0.15) is 0 Å². The maximum atomic E-state index is 2.42. The molecular formula is C52H34N2. The fourth-order valence-electron chi connectivity index (χ4n) is 9.99. The van der Waals surface area contributed by atoms with Gasteiger partial charge in [0.25, 0.3) is 0 Å². The molecule has 2 heteroatoms. The van der Waals surface area contributed by atoms with E-state index < -0.39 is 5.41 Å². The molecule has 9 aromatic carbocycles. The molecule has 0 amide bonds. The monoisotopic (exact) mass is 686 g/mol. The van der Waals surface area contributed by atoms with Crippen LogP contribution in [0.1, 0.15) is 22.3 Å². The second-order valence-corrected chi connectivity index (χ2v) is 14.9. The Bertz CT molecular complexity index is 3020. The highest BCUT2D eigenvalue weighted by molar-refractivity contribution is 6.13. The van der Waals surface area contributed by atoms with Gasteiger partial charge >= 0.3 is 0 Å². The molecule has 0 unspecified atom stereocenters. The Morgan fingerprint density at radius 2 is 0.741 bits per heavy atom. The number of fused-ring (bicyclic) bond motifs is 6. The fourth-order valence-corrected chi connectivity index (χ4v) is 9.99. The van der Waals surface area contributed by atoms with Crippen molar-refractivity contribution >= 4 is 65.2 Å². The minimum absolute atomic E-state index is 0.402. The van der Waals surface area contributed by atoms with Gasteiger partial charge in [-0.1, -0.05) is 146 Å². The summed E-state index contributed by atoms with van der Waals surface area (Å²) in [5, 5.41) is 10.5. The standard InChI is InChI=1S/C52H34N2/c1-5-19-46-41(14-1)42-15-2-6-20-47(42)53(46)39-29-25-37(26-30-39)52(33-36-13-9-11-34-23-24-35-12-10-18-45(52)51(35)50(34)36)38-27-31-40(32-28-38)54-48-21-7-3-16-43(48)44-17-4-8-22-49(44)54/h1-32H,33H2. The summed E-state index contributed by atoms with van der Waals surface area (Å²) in [5.74, 6) is 0. The topological polar surface area (TPSA) is 9.86 Å². The maximum absolute atomic E-state index is 2.42. The third-order valence-corrected chi connectivity index (χ3v) is 12.3. The van der Waals surface area contributed by atoms with Crippen molar-refractivity contribution in [2.75, 3.05) is 0 Å². The van der Waals surface area contributed by atoms with Crippen molar-refractivity contribution < 1.29 is 0 Å². The number of nitrogens with zero attached hydrogens (tertiary/aromatic N) is 2. The van der Waals surface area contributed by atoms with Crippen LogP contribution in [0.25, 0.3) is 76.5 Å². The van der Waals surface area contributed by atoms with E-state index in [1.165, 1.54) is 98.8 Å². The largest absolute Gasteiger partial charge is 0.309 e. The Balaban J connectivity index is 1.10. The van der Waals surface area contributed by atoms with Gasteiger partial charge in [0.05, 0.1) is 22.1 Å². The Labute approximate surface area is 312 Å². The molecule has 0 fully saturated rings. The minimum Gasteiger partial charge on any atom is -0.309 e. The third-order valence-electron chi connectivity index (χ3n) is 12.3. The van der Waals surface area contributed by atoms with Crippen molar-refractivity contribution in [1.29, 1.82) is 0 Å². The summed E-state index contributed by atoms with van der Waals surface area (Å²) in [6.07, 6.45) is 0.879. The summed E-state index contributed by atoms with van der Waals surface area (Å²) in [4.78, 5) is 0. The average molecular weight is 687 g/mol. The summed E-state index contributed by atoms with van der Waals surface area (Å²) in [5.41, 5.74) is 12.2. The predicted octanol–water partition coefficient (Wildman–Crippen LogP) is 13.1. The van der Waals surface area contributed by atoms with Crippen molar-refractivity contribution in [3.05, 3.63) is 216 Å². The molecule has 1 aliphatic carbocycles. The third kappa shape index (κ3) is 3.95. The summed E-state index contributed by atoms with van der Waals surface area (Å²) in [6, 6.07) is 72.3. The van der Waals surface area contributed by atoms with E-state index in [9.17, 15) is 0 Å². The number of rotatable bonds is 4. The van der Waals surface area contributed by atoms with Crippen molar-refractivity contribution in [3.8, 4) is 11.4 Å². The highest BCUT2D eigenvalue weighted by atomic mass is 15.0. The number of aromatic nitrogens is 2. The Kier molecular flexibility index (Phi) is 6.07. The lowest BCUT2D eigenvalue weighted by molar-refractivity contribution is 0.616. The normalized spacial score (nSPS) is 13.6. The van der Waals surface area contributed by atoms with E-state index >= 15 is 0 Å². The average Bonchev–Trinajstić information content (AvgIpc) is 3.76. The molecule has 0 spiro atoms. The minimum atomic E-state index is -0.402. The number of para-hydroxylation sites is 4. The quantitative estimate of drug-likeness (QED) is 0.163. The molecule has 0 radical (unpaired) electrons. The van der Waals surface area contributed by atoms with Crippen LogP contribution >= 0.6 is 0 Å². The molecule has 252 valence electrons. The van der Waals surface area contributed by atoms with Gasteiger partial charge in [-0.05, 0) is 98.8 Å². The van der Waals surface area contributed by atoms with E-state index in [2.05, 4.69) is 203 Å². The van der Waals surface area contributed by atoms with Crippen LogP contribution in [0.2, 0.25) is 0 Å². The summed E-state index contributed by atoms with van der Waals surface area (Å²) >= 11 is 0. The first-order valence-electron chi connectivity index (χ1n) is 18.9. The molecule has 0 saturated carbocycles. The Hall–Kier alpha value is -6.90. The van der Waals surface area contributed by atoms with Crippen molar-refractivity contribution in [2.45, 2.75) is 11.8 Å². The van der Waals surface area contributed by atoms with Gasteiger partial charge in [0.15, 0.2) is 0 Å². The molecule has 2 nitrogen and oxygen atoms in total. The van der Waals surface area contributed by atoms with E-state index in [1.54, 1.807) is 0 Å². The van der Waals surface area contributed by atoms with E-state index in [-0.39, 0.29) is 0 Å². The summed E-state index contributed by atoms with van der Waals surface area (Å²) in [6.45, 7) is 0. The zero-order valence-corrected chi connectivity index (χ0v) is 29.6. The highest BCUT2D eigenvalue weighted by Crippen LogP contribution is 2.51. The molecule has 2 aromatic heterocycles. The molecule has 0 aliphatic heterocycles. The van der Waals surface area contributed by atoms with Gasteiger partial charge in [0.1, 0.15) is 0 Å². The first-order chi connectivity index (χ1) is 26.8. The van der Waals surface area contributed by atoms with Gasteiger partial charge in [-0.3, -0.25) is 0 Å². The smallest absolute Gasteiger partial charge is 0.0541 e. The SMILES string of the molecule is c1cc2c3c(c1)ccc1cccc(c13)C(c1ccc(-n3c4ccccc4c4ccccc43)cc1)(c1ccc(-n3c4ccccc4c4ccccc43)cc1)C2. The zero-order chi connectivity index (χ0) is 35.4. The first kappa shape index (κ1) is 29.7. The zero-order valence-electron chi connectivity index (χ0n) is 29.6. The molecule has 11 aromatic rings. The van der Waals surface area contributed by atoms with Crippen molar-refractivity contribution in [2.24, 2.45) is 0 Å². The Morgan fingerprint density at radius 3 is 1.20 bits per heavy atom. The van der Waals surface area contributed by atoms with Gasteiger partial charge in [0, 0.05) is 38.3 Å². The van der Waals surface area contributed by atoms with E-state index in [4.69, 9.17) is 0 Å². The lowest BCUT2D eigenvalue weighted by atomic mass is 9.62. The lowest BCUT2D eigenvalue weighted by Gasteiger charge is -2.40. The number of hydrogen-bond acceptors (Lipinski definition) is 0. The lowest BCUT2D eigenvalue weighted by Crippen LogP contribution is -2.34. The van der Waals surface area contributed by atoms with Gasteiger partial charge < -0.3 is 9.13 Å². The number of benzene rings is 9. The van der Waals surface area contributed by atoms with E-state index in [1.807, 2.05) is 0 Å². The van der Waals surface area contributed by atoms with Gasteiger partial charge in [-0.15, -0.1) is 0 Å². The van der Waals surface area contributed by atoms with Crippen LogP contribution in [-0.2, 0) is 11.8 Å². The van der Waals surface area contributed by atoms with Crippen LogP contribution < -0.4 is 0 Å². The van der Waals surface area contributed by atoms with Gasteiger partial charge in [0.2, 0.25) is 0 Å². The van der Waals surface area contributed by atoms with Crippen molar-refractivity contribution in [3.63, 3.8) is 0 Å². The second-order valence-electron chi connectivity index (χ2n) is 14.9. The van der Waals surface area contributed by atoms with Crippen LogP contribution in [0.4, 0.5) is 0 Å². The van der Waals surface area contributed by atoms with Crippen molar-refractivity contribution in [1.82, 2.24) is 9.13 Å². The van der Waals surface area contributed by atoms with E-state index in [0.717, 1.165) is 6.42 Å². The second kappa shape index (κ2) is 11.1. The molecular weight excluding hydrogens is 653 g/mol. The first-order valence-corrected chi connectivity index (χ1v) is 18.9. The molecule has 0 saturated heterocycles. The Morgan fingerprint density at radius 1 is 0.333 bits per heavy atom. The van der Waals surface area contributed by atoms with E-state index in [0.29, 0.717) is 0 Å². The molecule has 1 aliphatic rings. The van der Waals surface area contributed by atoms with Gasteiger partial charge in [-0.25, -0.2) is 0 Å². The summed E-state index contributed by atoms with van der Waals surface area (Å²) in [7, 11) is 0. The fraction of sp³-hybridized carbons (Fsp3) is 0.0385.